The van der Waals surface area contributed by atoms with Crippen molar-refractivity contribution in [3.05, 3.63) is 42.0 Å². The number of piperidine rings is 1. The third kappa shape index (κ3) is 3.67. The lowest BCUT2D eigenvalue weighted by Gasteiger charge is -2.33. The predicted molar refractivity (Wildman–Crippen MR) is 99.1 cm³/mol. The molecule has 1 amide bonds. The summed E-state index contributed by atoms with van der Waals surface area (Å²) in [5.74, 6) is 0.924. The van der Waals surface area contributed by atoms with Gasteiger partial charge in [-0.2, -0.15) is 5.10 Å². The molecule has 1 aliphatic carbocycles. The first-order valence-electron chi connectivity index (χ1n) is 9.77. The number of nitrogens with zero attached hydrogens (tertiary/aromatic N) is 2. The van der Waals surface area contributed by atoms with Crippen LogP contribution in [0.3, 0.4) is 0 Å². The van der Waals surface area contributed by atoms with Crippen LogP contribution in [0.2, 0.25) is 0 Å². The van der Waals surface area contributed by atoms with E-state index in [4.69, 9.17) is 0 Å². The molecule has 1 aliphatic heterocycles. The van der Waals surface area contributed by atoms with Crippen molar-refractivity contribution in [1.29, 1.82) is 0 Å². The van der Waals surface area contributed by atoms with E-state index in [0.717, 1.165) is 42.8 Å². The number of carbonyl (C=O) groups is 1. The van der Waals surface area contributed by atoms with Crippen molar-refractivity contribution < 1.29 is 9.18 Å². The van der Waals surface area contributed by atoms with Crippen LogP contribution in [0.5, 0.6) is 0 Å². The molecule has 26 heavy (non-hydrogen) atoms. The number of nitrogens with one attached hydrogen (secondary N) is 1. The van der Waals surface area contributed by atoms with Gasteiger partial charge in [0, 0.05) is 36.7 Å². The number of halogens is 1. The molecule has 0 radical (unpaired) electrons. The molecule has 1 aromatic heterocycles. The summed E-state index contributed by atoms with van der Waals surface area (Å²) in [4.78, 5) is 14.8. The molecule has 1 saturated heterocycles. The molecule has 1 N–H and O–H groups in total. The van der Waals surface area contributed by atoms with Crippen molar-refractivity contribution in [3.8, 4) is 11.1 Å². The highest BCUT2D eigenvalue weighted by Gasteiger charge is 2.29. The van der Waals surface area contributed by atoms with Crippen LogP contribution in [0, 0.1) is 11.7 Å². The Kier molecular flexibility index (Phi) is 5.05. The number of aromatic amines is 1. The van der Waals surface area contributed by atoms with Gasteiger partial charge in [0.05, 0.1) is 6.20 Å². The normalized spacial score (nSPS) is 21.3. The summed E-state index contributed by atoms with van der Waals surface area (Å²) in [7, 11) is 0. The van der Waals surface area contributed by atoms with Gasteiger partial charge in [-0.05, 0) is 49.3 Å². The topological polar surface area (TPSA) is 49.0 Å². The number of carbonyl (C=O) groups excluding carboxylic acids is 1. The molecule has 2 aliphatic rings. The average Bonchev–Trinajstić information content (AvgIpc) is 3.34. The molecule has 5 heteroatoms. The minimum absolute atomic E-state index is 0.236. The lowest BCUT2D eigenvalue weighted by Crippen LogP contribution is -2.39. The van der Waals surface area contributed by atoms with Crippen molar-refractivity contribution in [2.75, 3.05) is 13.1 Å². The fraction of sp³-hybridized carbons (Fsp3) is 0.524. The van der Waals surface area contributed by atoms with E-state index in [1.165, 1.54) is 37.8 Å². The fourth-order valence-electron chi connectivity index (χ4n) is 4.50. The van der Waals surface area contributed by atoms with Crippen LogP contribution in [0.25, 0.3) is 11.1 Å². The second-order valence-corrected chi connectivity index (χ2v) is 7.74. The minimum atomic E-state index is -0.236. The van der Waals surface area contributed by atoms with Crippen molar-refractivity contribution >= 4 is 5.91 Å². The molecule has 1 atom stereocenters. The SMILES string of the molecule is O=C(CC1CCCC1)N1CCC[C@@H](c2[nH]ncc2-c2ccc(F)cc2)C1. The molecular formula is C21H26FN3O. The highest BCUT2D eigenvalue weighted by atomic mass is 19.1. The molecule has 0 bridgehead atoms. The molecule has 4 nitrogen and oxygen atoms in total. The third-order valence-electron chi connectivity index (χ3n) is 5.94. The van der Waals surface area contributed by atoms with Gasteiger partial charge in [0.2, 0.25) is 5.91 Å². The zero-order valence-electron chi connectivity index (χ0n) is 15.1. The van der Waals surface area contributed by atoms with Gasteiger partial charge in [0.25, 0.3) is 0 Å². The van der Waals surface area contributed by atoms with E-state index in [0.29, 0.717) is 18.2 Å². The Morgan fingerprint density at radius 3 is 2.69 bits per heavy atom. The van der Waals surface area contributed by atoms with Gasteiger partial charge >= 0.3 is 0 Å². The maximum absolute atomic E-state index is 13.2. The second kappa shape index (κ2) is 7.60. The number of hydrogen-bond donors (Lipinski definition) is 1. The lowest BCUT2D eigenvalue weighted by molar-refractivity contribution is -0.133. The Labute approximate surface area is 153 Å². The Morgan fingerprint density at radius 2 is 1.92 bits per heavy atom. The second-order valence-electron chi connectivity index (χ2n) is 7.74. The number of likely N-dealkylation sites (tertiary alicyclic amines) is 1. The van der Waals surface area contributed by atoms with Crippen LogP contribution in [-0.4, -0.2) is 34.1 Å². The van der Waals surface area contributed by atoms with Crippen molar-refractivity contribution in [1.82, 2.24) is 15.1 Å². The van der Waals surface area contributed by atoms with Crippen molar-refractivity contribution in [3.63, 3.8) is 0 Å². The molecule has 0 spiro atoms. The highest BCUT2D eigenvalue weighted by molar-refractivity contribution is 5.77. The molecule has 138 valence electrons. The Balaban J connectivity index is 1.47. The Bertz CT molecular complexity index is 749. The zero-order chi connectivity index (χ0) is 17.9. The molecule has 2 fully saturated rings. The van der Waals surface area contributed by atoms with Gasteiger partial charge in [-0.25, -0.2) is 4.39 Å². The monoisotopic (exact) mass is 355 g/mol. The summed E-state index contributed by atoms with van der Waals surface area (Å²) in [5.41, 5.74) is 3.04. The smallest absolute Gasteiger partial charge is 0.222 e. The van der Waals surface area contributed by atoms with Gasteiger partial charge in [-0.3, -0.25) is 9.89 Å². The van der Waals surface area contributed by atoms with Gasteiger partial charge in [0.1, 0.15) is 5.82 Å². The first kappa shape index (κ1) is 17.3. The summed E-state index contributed by atoms with van der Waals surface area (Å²) in [6, 6.07) is 6.53. The van der Waals surface area contributed by atoms with Crippen molar-refractivity contribution in [2.45, 2.75) is 50.9 Å². The van der Waals surface area contributed by atoms with Gasteiger partial charge in [0.15, 0.2) is 0 Å². The molecular weight excluding hydrogens is 329 g/mol. The molecule has 4 rings (SSSR count). The van der Waals surface area contributed by atoms with E-state index in [9.17, 15) is 9.18 Å². The van der Waals surface area contributed by atoms with Gasteiger partial charge in [-0.15, -0.1) is 0 Å². The molecule has 1 aromatic carbocycles. The maximum atomic E-state index is 13.2. The van der Waals surface area contributed by atoms with Crippen molar-refractivity contribution in [2.24, 2.45) is 5.92 Å². The Hall–Kier alpha value is -2.17. The van der Waals surface area contributed by atoms with Crippen LogP contribution in [0.4, 0.5) is 4.39 Å². The number of amides is 1. The summed E-state index contributed by atoms with van der Waals surface area (Å²) in [5, 5.41) is 7.37. The van der Waals surface area contributed by atoms with Crippen LogP contribution in [-0.2, 0) is 4.79 Å². The number of benzene rings is 1. The molecule has 2 aromatic rings. The minimum Gasteiger partial charge on any atom is -0.342 e. The number of hydrogen-bond acceptors (Lipinski definition) is 2. The Morgan fingerprint density at radius 1 is 1.15 bits per heavy atom. The predicted octanol–water partition coefficient (Wildman–Crippen LogP) is 4.50. The van der Waals surface area contributed by atoms with E-state index in [1.807, 2.05) is 11.1 Å². The van der Waals surface area contributed by atoms with E-state index in [1.54, 1.807) is 12.1 Å². The first-order valence-corrected chi connectivity index (χ1v) is 9.77. The summed E-state index contributed by atoms with van der Waals surface area (Å²) >= 11 is 0. The molecule has 1 saturated carbocycles. The van der Waals surface area contributed by atoms with Crippen LogP contribution >= 0.6 is 0 Å². The van der Waals surface area contributed by atoms with Gasteiger partial charge in [-0.1, -0.05) is 25.0 Å². The molecule has 0 unspecified atom stereocenters. The third-order valence-corrected chi connectivity index (χ3v) is 5.94. The molecule has 2 heterocycles. The van der Waals surface area contributed by atoms with Crippen LogP contribution < -0.4 is 0 Å². The first-order chi connectivity index (χ1) is 12.7. The largest absolute Gasteiger partial charge is 0.342 e. The summed E-state index contributed by atoms with van der Waals surface area (Å²) in [6.45, 7) is 1.62. The van der Waals surface area contributed by atoms with E-state index < -0.39 is 0 Å². The van der Waals surface area contributed by atoms with E-state index in [-0.39, 0.29) is 11.7 Å². The average molecular weight is 355 g/mol. The standard InChI is InChI=1S/C21H26FN3O/c22-18-9-7-16(8-10-18)19-13-23-24-21(19)17-6-3-11-25(14-17)20(26)12-15-4-1-2-5-15/h7-10,13,15,17H,1-6,11-12,14H2,(H,23,24)/t17-/m1/s1. The van der Waals surface area contributed by atoms with Crippen LogP contribution in [0.15, 0.2) is 30.5 Å². The highest BCUT2D eigenvalue weighted by Crippen LogP contribution is 2.34. The quantitative estimate of drug-likeness (QED) is 0.878. The number of H-pyrrole nitrogens is 1. The maximum Gasteiger partial charge on any atom is 0.222 e. The summed E-state index contributed by atoms with van der Waals surface area (Å²) < 4.78 is 13.2. The number of aromatic nitrogens is 2. The lowest BCUT2D eigenvalue weighted by atomic mass is 9.90. The summed E-state index contributed by atoms with van der Waals surface area (Å²) in [6.07, 6.45) is 9.54. The fourth-order valence-corrected chi connectivity index (χ4v) is 4.50. The van der Waals surface area contributed by atoms with E-state index >= 15 is 0 Å². The van der Waals surface area contributed by atoms with Crippen LogP contribution in [0.1, 0.15) is 56.6 Å². The zero-order valence-corrected chi connectivity index (χ0v) is 15.1. The van der Waals surface area contributed by atoms with Gasteiger partial charge < -0.3 is 4.90 Å². The van der Waals surface area contributed by atoms with E-state index in [2.05, 4.69) is 10.2 Å². The number of rotatable bonds is 4.